The second-order valence-corrected chi connectivity index (χ2v) is 8.83. The van der Waals surface area contributed by atoms with E-state index < -0.39 is 0 Å². The van der Waals surface area contributed by atoms with Gasteiger partial charge in [-0.25, -0.2) is 0 Å². The summed E-state index contributed by atoms with van der Waals surface area (Å²) in [5, 5.41) is 7.33. The summed E-state index contributed by atoms with van der Waals surface area (Å²) in [4.78, 5) is 2.33. The number of aryl methyl sites for hydroxylation is 4. The topological polar surface area (TPSA) is 27.3 Å². The number of anilines is 2. The van der Waals surface area contributed by atoms with E-state index >= 15 is 0 Å². The number of hydrogen-bond donors (Lipinski definition) is 2. The molecule has 0 radical (unpaired) electrons. The molecule has 30 heavy (non-hydrogen) atoms. The fourth-order valence-corrected chi connectivity index (χ4v) is 3.52. The molecule has 0 fully saturated rings. The van der Waals surface area contributed by atoms with E-state index in [1.807, 2.05) is 6.07 Å². The van der Waals surface area contributed by atoms with Crippen molar-refractivity contribution < 1.29 is 12.9 Å². The molecule has 0 spiro atoms. The zero-order valence-electron chi connectivity index (χ0n) is 18.9. The number of likely N-dealkylation sites (N-methyl/N-ethyl adjacent to an activating group) is 1. The second kappa shape index (κ2) is 15.8. The molecule has 0 saturated heterocycles. The van der Waals surface area contributed by atoms with Crippen LogP contribution in [0.5, 0.6) is 0 Å². The molecule has 2 N–H and O–H groups in total. The second-order valence-electron chi connectivity index (χ2n) is 7.11. The van der Waals surface area contributed by atoms with Crippen LogP contribution in [0.4, 0.5) is 11.4 Å². The average molecular weight is 496 g/mol. The van der Waals surface area contributed by atoms with Gasteiger partial charge in [-0.3, -0.25) is 4.90 Å². The molecule has 0 aliphatic rings. The summed E-state index contributed by atoms with van der Waals surface area (Å²) in [6.07, 6.45) is 4.19. The molecule has 2 aromatic rings. The molecule has 2 rings (SSSR count). The van der Waals surface area contributed by atoms with Crippen molar-refractivity contribution in [3.63, 3.8) is 0 Å². The predicted octanol–water partition coefficient (Wildman–Crippen LogP) is 6.53. The maximum atomic E-state index is 4.73. The van der Waals surface area contributed by atoms with Gasteiger partial charge in [0.2, 0.25) is 0 Å². The molecule has 6 heteroatoms. The third kappa shape index (κ3) is 8.68. The summed E-state index contributed by atoms with van der Waals surface area (Å²) in [7, 11) is 11.6. The number of hydrogen-bond acceptors (Lipinski definition) is 3. The van der Waals surface area contributed by atoms with Gasteiger partial charge in [-0.1, -0.05) is 64.4 Å². The van der Waals surface area contributed by atoms with Gasteiger partial charge in [0.05, 0.1) is 6.67 Å². The van der Waals surface area contributed by atoms with Gasteiger partial charge < -0.3 is 10.6 Å². The molecule has 0 saturated carbocycles. The quantitative estimate of drug-likeness (QED) is 0.274. The van der Waals surface area contributed by atoms with Crippen LogP contribution >= 0.6 is 20.3 Å². The summed E-state index contributed by atoms with van der Waals surface area (Å²) in [5.41, 5.74) is 8.09. The predicted molar refractivity (Wildman–Crippen MR) is 131 cm³/mol. The van der Waals surface area contributed by atoms with Gasteiger partial charge in [0.1, 0.15) is 0 Å². The van der Waals surface area contributed by atoms with Crippen LogP contribution in [0.1, 0.15) is 49.9 Å². The summed E-state index contributed by atoms with van der Waals surface area (Å²) in [5.74, 6) is 0. The van der Waals surface area contributed by atoms with Gasteiger partial charge in [0, 0.05) is 18.8 Å². The zero-order valence-corrected chi connectivity index (χ0v) is 21.4. The number of nitrogens with one attached hydrogen (secondary N) is 2. The van der Waals surface area contributed by atoms with Crippen LogP contribution < -0.4 is 10.6 Å². The molecule has 0 aliphatic carbocycles. The van der Waals surface area contributed by atoms with Crippen LogP contribution in [0.3, 0.4) is 0 Å². The van der Waals surface area contributed by atoms with E-state index in [1.54, 1.807) is 0 Å². The van der Waals surface area contributed by atoms with E-state index in [9.17, 15) is 0 Å². The first-order chi connectivity index (χ1) is 14.6. The van der Waals surface area contributed by atoms with Crippen molar-refractivity contribution in [3.05, 3.63) is 58.7 Å². The molecule has 0 heterocycles. The Balaban J connectivity index is 0.00000141. The Bertz CT molecular complexity index is 696. The van der Waals surface area contributed by atoms with Crippen LogP contribution in [0.15, 0.2) is 30.3 Å². The van der Waals surface area contributed by atoms with Crippen LogP contribution in [-0.2, 0) is 38.6 Å². The molecular weight excluding hydrogens is 460 g/mol. The summed E-state index contributed by atoms with van der Waals surface area (Å²) < 4.78 is 0. The van der Waals surface area contributed by atoms with Crippen molar-refractivity contribution in [1.82, 2.24) is 4.90 Å². The van der Waals surface area contributed by atoms with E-state index in [-0.39, 0.29) is 0 Å². The molecule has 0 unspecified atom stereocenters. The van der Waals surface area contributed by atoms with Crippen molar-refractivity contribution in [1.29, 1.82) is 0 Å². The van der Waals surface area contributed by atoms with Gasteiger partial charge in [-0.2, -0.15) is 18.2 Å². The van der Waals surface area contributed by atoms with Crippen molar-refractivity contribution in [2.75, 3.05) is 37.4 Å². The molecule has 0 aromatic heterocycles. The third-order valence-electron chi connectivity index (χ3n) is 5.22. The summed E-state index contributed by atoms with van der Waals surface area (Å²) in [6.45, 7) is 11.6. The minimum atomic E-state index is 0.382. The zero-order chi connectivity index (χ0) is 22.4. The summed E-state index contributed by atoms with van der Waals surface area (Å²) in [6, 6.07) is 14.2. The van der Waals surface area contributed by atoms with Crippen molar-refractivity contribution in [2.45, 2.75) is 53.4 Å². The van der Waals surface area contributed by atoms with Gasteiger partial charge in [-0.15, -0.1) is 11.1 Å². The molecule has 0 aliphatic heterocycles. The SMILES string of the molecule is CCc1[c-]ccc(CC)c1NCN(C)CCNc1c(CC)cccc1CC.[Cl][Co+][Cl]. The Morgan fingerprint density at radius 1 is 0.867 bits per heavy atom. The number of nitrogens with zero attached hydrogens (tertiary/aromatic N) is 1. The number of rotatable bonds is 11. The molecule has 0 bridgehead atoms. The first-order valence-electron chi connectivity index (χ1n) is 10.7. The molecular formula is C24H36Cl2CoN3. The van der Waals surface area contributed by atoms with Crippen molar-refractivity contribution >= 4 is 31.7 Å². The summed E-state index contributed by atoms with van der Waals surface area (Å²) >= 11 is 0.382. The van der Waals surface area contributed by atoms with Gasteiger partial charge in [0.25, 0.3) is 0 Å². The standard InChI is InChI=1S/C24H36N3.2ClH.Co/c1-6-19-12-10-13-20(7-2)23(19)25-16-17-27(5)18-26-24-21(8-3)14-11-15-22(24)9-4;;;/h10-14,25-26H,6-9,16-18H2,1-5H3;2*1H;/q-1;;;+3/p-2. The Kier molecular flexibility index (Phi) is 14.3. The van der Waals surface area contributed by atoms with E-state index in [0.29, 0.717) is 12.9 Å². The van der Waals surface area contributed by atoms with Gasteiger partial charge in [-0.05, 0) is 31.0 Å². The molecule has 3 nitrogen and oxygen atoms in total. The number of benzene rings is 2. The fourth-order valence-electron chi connectivity index (χ4n) is 3.52. The van der Waals surface area contributed by atoms with Crippen molar-refractivity contribution in [3.8, 4) is 0 Å². The maximum absolute atomic E-state index is 4.73. The van der Waals surface area contributed by atoms with Crippen LogP contribution in [0.25, 0.3) is 0 Å². The molecule has 0 atom stereocenters. The van der Waals surface area contributed by atoms with Gasteiger partial charge >= 0.3 is 33.2 Å². The van der Waals surface area contributed by atoms with Crippen molar-refractivity contribution in [2.24, 2.45) is 0 Å². The first kappa shape index (κ1) is 27.1. The molecule has 170 valence electrons. The van der Waals surface area contributed by atoms with Crippen LogP contribution in [-0.4, -0.2) is 31.7 Å². The minimum absolute atomic E-state index is 0.382. The molecule has 0 amide bonds. The Morgan fingerprint density at radius 2 is 1.43 bits per heavy atom. The monoisotopic (exact) mass is 495 g/mol. The van der Waals surface area contributed by atoms with Gasteiger partial charge in [0.15, 0.2) is 0 Å². The first-order valence-corrected chi connectivity index (χ1v) is 13.6. The Morgan fingerprint density at radius 3 is 1.97 bits per heavy atom. The average Bonchev–Trinajstić information content (AvgIpc) is 2.77. The van der Waals surface area contributed by atoms with E-state index in [0.717, 1.165) is 45.4 Å². The number of halogens is 2. The third-order valence-corrected chi connectivity index (χ3v) is 5.22. The van der Waals surface area contributed by atoms with Crippen LogP contribution in [0.2, 0.25) is 0 Å². The van der Waals surface area contributed by atoms with E-state index in [1.165, 1.54) is 33.6 Å². The Hall–Kier alpha value is -0.914. The number of para-hydroxylation sites is 1. The normalized spacial score (nSPS) is 10.7. The fraction of sp³-hybridized carbons (Fsp3) is 0.500. The van der Waals surface area contributed by atoms with E-state index in [2.05, 4.69) is 80.6 Å². The Labute approximate surface area is 198 Å². The van der Waals surface area contributed by atoms with E-state index in [4.69, 9.17) is 20.3 Å². The molecule has 2 aromatic carbocycles. The van der Waals surface area contributed by atoms with Crippen LogP contribution in [0, 0.1) is 6.07 Å².